The molecule has 2 rings (SSSR count). The number of hydrogen-bond acceptors (Lipinski definition) is 2. The Bertz CT molecular complexity index is 567. The molecule has 0 fully saturated rings. The maximum absolute atomic E-state index is 4.12. The predicted molar refractivity (Wildman–Crippen MR) is 86.3 cm³/mol. The Balaban J connectivity index is 2.10. The van der Waals surface area contributed by atoms with Crippen LogP contribution in [0.1, 0.15) is 5.56 Å². The molecule has 0 saturated heterocycles. The van der Waals surface area contributed by atoms with E-state index in [-0.39, 0.29) is 0 Å². The second kappa shape index (κ2) is 7.60. The maximum atomic E-state index is 4.12. The number of rotatable bonds is 4. The summed E-state index contributed by atoms with van der Waals surface area (Å²) in [6.07, 6.45) is 0. The van der Waals surface area contributed by atoms with E-state index in [0.29, 0.717) is 0 Å². The molecule has 0 bridgehead atoms. The van der Waals surface area contributed by atoms with E-state index in [4.69, 9.17) is 0 Å². The van der Waals surface area contributed by atoms with Crippen molar-refractivity contribution in [1.82, 2.24) is 10.6 Å². The van der Waals surface area contributed by atoms with Crippen molar-refractivity contribution in [2.24, 2.45) is 4.99 Å². The van der Waals surface area contributed by atoms with Gasteiger partial charge in [-0.05, 0) is 23.8 Å². The monoisotopic (exact) mass is 285 g/mol. The number of benzene rings is 2. The number of nitrogens with one attached hydrogen (secondary N) is 2. The summed E-state index contributed by atoms with van der Waals surface area (Å²) >= 11 is 1.78. The minimum absolute atomic E-state index is 0.753. The summed E-state index contributed by atoms with van der Waals surface area (Å²) in [5.74, 6) is 0.796. The fraction of sp³-hybridized carbons (Fsp3) is 0.188. The van der Waals surface area contributed by atoms with Crippen molar-refractivity contribution in [2.75, 3.05) is 14.1 Å². The third-order valence-electron chi connectivity index (χ3n) is 2.85. The zero-order valence-corrected chi connectivity index (χ0v) is 12.6. The van der Waals surface area contributed by atoms with Gasteiger partial charge >= 0.3 is 0 Å². The molecule has 0 aromatic heterocycles. The molecule has 0 radical (unpaired) electrons. The summed E-state index contributed by atoms with van der Waals surface area (Å²) in [4.78, 5) is 6.63. The van der Waals surface area contributed by atoms with E-state index in [1.165, 1.54) is 15.4 Å². The fourth-order valence-corrected chi connectivity index (χ4v) is 2.79. The van der Waals surface area contributed by atoms with Crippen LogP contribution in [-0.4, -0.2) is 20.1 Å². The molecule has 2 aromatic rings. The van der Waals surface area contributed by atoms with E-state index in [0.717, 1.165) is 12.5 Å². The Labute approximate surface area is 124 Å². The maximum Gasteiger partial charge on any atom is 0.190 e. The van der Waals surface area contributed by atoms with Gasteiger partial charge in [-0.1, -0.05) is 48.2 Å². The summed E-state index contributed by atoms with van der Waals surface area (Å²) < 4.78 is 0. The van der Waals surface area contributed by atoms with E-state index in [1.54, 1.807) is 18.8 Å². The smallest absolute Gasteiger partial charge is 0.190 e. The average molecular weight is 285 g/mol. The van der Waals surface area contributed by atoms with Crippen LogP contribution in [0.3, 0.4) is 0 Å². The summed E-state index contributed by atoms with van der Waals surface area (Å²) in [5.41, 5.74) is 1.26. The molecule has 0 aliphatic heterocycles. The summed E-state index contributed by atoms with van der Waals surface area (Å²) in [6.45, 7) is 0.753. The predicted octanol–water partition coefficient (Wildman–Crippen LogP) is 3.13. The topological polar surface area (TPSA) is 36.4 Å². The third-order valence-corrected chi connectivity index (χ3v) is 3.98. The molecule has 20 heavy (non-hydrogen) atoms. The first-order valence-corrected chi connectivity index (χ1v) is 7.34. The van der Waals surface area contributed by atoms with E-state index < -0.39 is 0 Å². The molecule has 0 spiro atoms. The molecule has 0 aliphatic carbocycles. The van der Waals surface area contributed by atoms with Crippen LogP contribution < -0.4 is 10.6 Å². The van der Waals surface area contributed by atoms with Crippen molar-refractivity contribution in [2.45, 2.75) is 16.3 Å². The van der Waals surface area contributed by atoms with Gasteiger partial charge in [0, 0.05) is 30.4 Å². The van der Waals surface area contributed by atoms with Gasteiger partial charge in [-0.2, -0.15) is 0 Å². The van der Waals surface area contributed by atoms with Crippen LogP contribution in [-0.2, 0) is 6.54 Å². The Morgan fingerprint density at radius 1 is 1.05 bits per heavy atom. The molecule has 0 aliphatic rings. The number of guanidine groups is 1. The lowest BCUT2D eigenvalue weighted by molar-refractivity contribution is 0.850. The van der Waals surface area contributed by atoms with Crippen LogP contribution in [0.5, 0.6) is 0 Å². The van der Waals surface area contributed by atoms with E-state index >= 15 is 0 Å². The number of hydrogen-bond donors (Lipinski definition) is 2. The zero-order valence-electron chi connectivity index (χ0n) is 11.8. The summed E-state index contributed by atoms with van der Waals surface area (Å²) in [6, 6.07) is 18.8. The van der Waals surface area contributed by atoms with Crippen LogP contribution in [0.4, 0.5) is 0 Å². The molecular weight excluding hydrogens is 266 g/mol. The number of nitrogens with zero attached hydrogens (tertiary/aromatic N) is 1. The minimum Gasteiger partial charge on any atom is -0.359 e. The van der Waals surface area contributed by atoms with Gasteiger partial charge in [0.1, 0.15) is 0 Å². The highest BCUT2D eigenvalue weighted by molar-refractivity contribution is 7.99. The van der Waals surface area contributed by atoms with Crippen molar-refractivity contribution < 1.29 is 0 Å². The first kappa shape index (κ1) is 14.5. The molecule has 0 heterocycles. The standard InChI is InChI=1S/C16H19N3S/c1-17-16(18-2)19-12-13-8-6-7-11-15(13)20-14-9-4-3-5-10-14/h3-11H,12H2,1-2H3,(H2,17,18,19). The molecular formula is C16H19N3S. The highest BCUT2D eigenvalue weighted by Crippen LogP contribution is 2.30. The van der Waals surface area contributed by atoms with Crippen LogP contribution in [0, 0.1) is 0 Å². The molecule has 0 atom stereocenters. The molecule has 2 aromatic carbocycles. The van der Waals surface area contributed by atoms with Crippen molar-refractivity contribution in [3.63, 3.8) is 0 Å². The summed E-state index contributed by atoms with van der Waals surface area (Å²) in [5, 5.41) is 6.31. The molecule has 0 saturated carbocycles. The zero-order chi connectivity index (χ0) is 14.2. The minimum atomic E-state index is 0.753. The van der Waals surface area contributed by atoms with Gasteiger partial charge in [0.2, 0.25) is 0 Å². The second-order valence-electron chi connectivity index (χ2n) is 4.20. The van der Waals surface area contributed by atoms with Crippen LogP contribution in [0.25, 0.3) is 0 Å². The van der Waals surface area contributed by atoms with Gasteiger partial charge in [0.25, 0.3) is 0 Å². The third kappa shape index (κ3) is 4.03. The SMILES string of the molecule is CN=C(NC)NCc1ccccc1Sc1ccccc1. The molecule has 0 amide bonds. The van der Waals surface area contributed by atoms with Crippen molar-refractivity contribution in [3.05, 3.63) is 60.2 Å². The van der Waals surface area contributed by atoms with Crippen LogP contribution in [0.2, 0.25) is 0 Å². The normalized spacial score (nSPS) is 11.2. The summed E-state index contributed by atoms with van der Waals surface area (Å²) in [7, 11) is 3.63. The molecule has 104 valence electrons. The average Bonchev–Trinajstić information content (AvgIpc) is 2.51. The van der Waals surface area contributed by atoms with Crippen molar-refractivity contribution in [1.29, 1.82) is 0 Å². The van der Waals surface area contributed by atoms with Gasteiger partial charge in [-0.25, -0.2) is 0 Å². The molecule has 3 nitrogen and oxygen atoms in total. The first-order chi connectivity index (χ1) is 9.83. The second-order valence-corrected chi connectivity index (χ2v) is 5.31. The van der Waals surface area contributed by atoms with Gasteiger partial charge in [0.15, 0.2) is 5.96 Å². The fourth-order valence-electron chi connectivity index (χ4n) is 1.82. The first-order valence-electron chi connectivity index (χ1n) is 6.52. The van der Waals surface area contributed by atoms with Gasteiger partial charge < -0.3 is 10.6 Å². The van der Waals surface area contributed by atoms with Gasteiger partial charge in [0.05, 0.1) is 0 Å². The molecule has 2 N–H and O–H groups in total. The highest BCUT2D eigenvalue weighted by atomic mass is 32.2. The van der Waals surface area contributed by atoms with Crippen molar-refractivity contribution >= 4 is 17.7 Å². The van der Waals surface area contributed by atoms with Crippen LogP contribution in [0.15, 0.2) is 69.4 Å². The van der Waals surface area contributed by atoms with Gasteiger partial charge in [-0.3, -0.25) is 4.99 Å². The lowest BCUT2D eigenvalue weighted by atomic mass is 10.2. The van der Waals surface area contributed by atoms with Crippen molar-refractivity contribution in [3.8, 4) is 0 Å². The molecule has 4 heteroatoms. The Morgan fingerprint density at radius 3 is 2.45 bits per heavy atom. The van der Waals surface area contributed by atoms with E-state index in [2.05, 4.69) is 64.2 Å². The Hall–Kier alpha value is -1.94. The molecule has 0 unspecified atom stereocenters. The lowest BCUT2D eigenvalue weighted by Gasteiger charge is -2.12. The van der Waals surface area contributed by atoms with Gasteiger partial charge in [-0.15, -0.1) is 0 Å². The van der Waals surface area contributed by atoms with E-state index in [1.807, 2.05) is 13.1 Å². The Kier molecular flexibility index (Phi) is 5.50. The highest BCUT2D eigenvalue weighted by Gasteiger charge is 2.04. The Morgan fingerprint density at radius 2 is 1.75 bits per heavy atom. The van der Waals surface area contributed by atoms with Crippen LogP contribution >= 0.6 is 11.8 Å². The number of aliphatic imine (C=N–C) groups is 1. The van der Waals surface area contributed by atoms with E-state index in [9.17, 15) is 0 Å². The lowest BCUT2D eigenvalue weighted by Crippen LogP contribution is -2.34. The largest absolute Gasteiger partial charge is 0.359 e. The quantitative estimate of drug-likeness (QED) is 0.669.